The fourth-order valence-electron chi connectivity index (χ4n) is 0.658. The molecule has 0 amide bonds. The standard InChI is InChI=1S/C6H9FN4/c1-8-5-3-4(7)10-6(9-2)11-5/h3H,1-2H3,(H2,8,9,10,11). The molecule has 0 aliphatic rings. The molecule has 1 aromatic rings. The van der Waals surface area contributed by atoms with Gasteiger partial charge in [0.1, 0.15) is 5.82 Å². The summed E-state index contributed by atoms with van der Waals surface area (Å²) < 4.78 is 12.6. The fourth-order valence-corrected chi connectivity index (χ4v) is 0.658. The number of anilines is 2. The molecule has 2 N–H and O–H groups in total. The molecule has 0 radical (unpaired) electrons. The normalized spacial score (nSPS) is 9.36. The highest BCUT2D eigenvalue weighted by Crippen LogP contribution is 2.06. The summed E-state index contributed by atoms with van der Waals surface area (Å²) >= 11 is 0. The monoisotopic (exact) mass is 156 g/mol. The number of aromatic nitrogens is 2. The molecule has 0 aliphatic heterocycles. The van der Waals surface area contributed by atoms with Crippen molar-refractivity contribution in [2.75, 3.05) is 24.7 Å². The van der Waals surface area contributed by atoms with E-state index in [1.165, 1.54) is 6.07 Å². The van der Waals surface area contributed by atoms with Crippen molar-refractivity contribution < 1.29 is 4.39 Å². The molecule has 0 unspecified atom stereocenters. The predicted octanol–water partition coefficient (Wildman–Crippen LogP) is 0.699. The van der Waals surface area contributed by atoms with Crippen LogP contribution in [0.25, 0.3) is 0 Å². The Morgan fingerprint density at radius 1 is 1.27 bits per heavy atom. The van der Waals surface area contributed by atoms with Crippen LogP contribution < -0.4 is 10.6 Å². The third-order valence-electron chi connectivity index (χ3n) is 1.17. The van der Waals surface area contributed by atoms with Crippen LogP contribution in [-0.4, -0.2) is 24.1 Å². The van der Waals surface area contributed by atoms with Crippen LogP contribution in [0.1, 0.15) is 0 Å². The Bertz CT molecular complexity index is 228. The van der Waals surface area contributed by atoms with E-state index in [0.717, 1.165) is 0 Å². The number of nitrogens with one attached hydrogen (secondary N) is 2. The van der Waals surface area contributed by atoms with Crippen molar-refractivity contribution in [3.05, 3.63) is 12.0 Å². The van der Waals surface area contributed by atoms with Crippen LogP contribution in [0.2, 0.25) is 0 Å². The molecule has 60 valence electrons. The van der Waals surface area contributed by atoms with E-state index in [1.54, 1.807) is 14.1 Å². The van der Waals surface area contributed by atoms with Gasteiger partial charge in [-0.2, -0.15) is 14.4 Å². The van der Waals surface area contributed by atoms with Crippen LogP contribution >= 0.6 is 0 Å². The van der Waals surface area contributed by atoms with Gasteiger partial charge in [0.25, 0.3) is 0 Å². The van der Waals surface area contributed by atoms with Crippen molar-refractivity contribution in [2.45, 2.75) is 0 Å². The first-order valence-corrected chi connectivity index (χ1v) is 3.16. The maximum Gasteiger partial charge on any atom is 0.227 e. The zero-order valence-electron chi connectivity index (χ0n) is 6.35. The summed E-state index contributed by atoms with van der Waals surface area (Å²) in [6.45, 7) is 0. The molecule has 0 spiro atoms. The Balaban J connectivity index is 3.02. The van der Waals surface area contributed by atoms with Gasteiger partial charge in [-0.1, -0.05) is 0 Å². The molecule has 11 heavy (non-hydrogen) atoms. The smallest absolute Gasteiger partial charge is 0.227 e. The minimum Gasteiger partial charge on any atom is -0.373 e. The van der Waals surface area contributed by atoms with Gasteiger partial charge in [-0.3, -0.25) is 0 Å². The van der Waals surface area contributed by atoms with E-state index in [0.29, 0.717) is 5.82 Å². The summed E-state index contributed by atoms with van der Waals surface area (Å²) in [6.07, 6.45) is 0. The molecule has 0 saturated heterocycles. The summed E-state index contributed by atoms with van der Waals surface area (Å²) in [5, 5.41) is 5.35. The fraction of sp³-hybridized carbons (Fsp3) is 0.333. The molecule has 1 aromatic heterocycles. The zero-order chi connectivity index (χ0) is 8.27. The number of rotatable bonds is 2. The first kappa shape index (κ1) is 7.71. The number of hydrogen-bond acceptors (Lipinski definition) is 4. The molecule has 0 aliphatic carbocycles. The van der Waals surface area contributed by atoms with Crippen LogP contribution in [0.5, 0.6) is 0 Å². The van der Waals surface area contributed by atoms with Gasteiger partial charge in [0.2, 0.25) is 11.9 Å². The number of halogens is 1. The Morgan fingerprint density at radius 3 is 2.55 bits per heavy atom. The van der Waals surface area contributed by atoms with Gasteiger partial charge in [0.05, 0.1) is 0 Å². The summed E-state index contributed by atoms with van der Waals surface area (Å²) in [7, 11) is 3.30. The summed E-state index contributed by atoms with van der Waals surface area (Å²) in [6, 6.07) is 1.22. The first-order valence-electron chi connectivity index (χ1n) is 3.16. The second kappa shape index (κ2) is 3.14. The predicted molar refractivity (Wildman–Crippen MR) is 41.1 cm³/mol. The molecule has 5 heteroatoms. The SMILES string of the molecule is CNc1cc(F)nc(NC)n1. The molecule has 0 bridgehead atoms. The van der Waals surface area contributed by atoms with Crippen LogP contribution in [0.4, 0.5) is 16.2 Å². The average Bonchev–Trinajstić information content (AvgIpc) is 2.03. The topological polar surface area (TPSA) is 49.8 Å². The summed E-state index contributed by atoms with van der Waals surface area (Å²) in [5.74, 6) is 0.185. The van der Waals surface area contributed by atoms with Gasteiger partial charge in [0, 0.05) is 20.2 Å². The Kier molecular flexibility index (Phi) is 2.20. The minimum atomic E-state index is -0.548. The molecule has 1 heterocycles. The lowest BCUT2D eigenvalue weighted by Crippen LogP contribution is -2.01. The second-order valence-electron chi connectivity index (χ2n) is 1.90. The Labute approximate surface area is 63.9 Å². The van der Waals surface area contributed by atoms with E-state index in [4.69, 9.17) is 0 Å². The highest BCUT2D eigenvalue weighted by Gasteiger charge is 1.99. The van der Waals surface area contributed by atoms with E-state index in [1.807, 2.05) is 0 Å². The Morgan fingerprint density at radius 2 is 2.00 bits per heavy atom. The van der Waals surface area contributed by atoms with E-state index < -0.39 is 5.95 Å². The molecular formula is C6H9FN4. The second-order valence-corrected chi connectivity index (χ2v) is 1.90. The molecule has 0 fully saturated rings. The van der Waals surface area contributed by atoms with Crippen molar-refractivity contribution >= 4 is 11.8 Å². The maximum atomic E-state index is 12.6. The lowest BCUT2D eigenvalue weighted by molar-refractivity contribution is 0.582. The number of hydrogen-bond donors (Lipinski definition) is 2. The van der Waals surface area contributed by atoms with Crippen molar-refractivity contribution in [3.63, 3.8) is 0 Å². The quantitative estimate of drug-likeness (QED) is 0.619. The van der Waals surface area contributed by atoms with Crippen LogP contribution in [0.3, 0.4) is 0 Å². The van der Waals surface area contributed by atoms with Gasteiger partial charge in [-0.05, 0) is 0 Å². The lowest BCUT2D eigenvalue weighted by atomic mass is 10.5. The van der Waals surface area contributed by atoms with Gasteiger partial charge in [0.15, 0.2) is 0 Å². The lowest BCUT2D eigenvalue weighted by Gasteiger charge is -2.01. The summed E-state index contributed by atoms with van der Waals surface area (Å²) in [5.41, 5.74) is 0. The largest absolute Gasteiger partial charge is 0.373 e. The van der Waals surface area contributed by atoms with Crippen LogP contribution in [0, 0.1) is 5.95 Å². The van der Waals surface area contributed by atoms with Crippen molar-refractivity contribution in [2.24, 2.45) is 0 Å². The highest BCUT2D eigenvalue weighted by molar-refractivity contribution is 5.38. The van der Waals surface area contributed by atoms with Gasteiger partial charge in [-0.25, -0.2) is 0 Å². The molecule has 0 aromatic carbocycles. The van der Waals surface area contributed by atoms with Crippen LogP contribution in [0.15, 0.2) is 6.07 Å². The van der Waals surface area contributed by atoms with Crippen molar-refractivity contribution in [1.82, 2.24) is 9.97 Å². The summed E-state index contributed by atoms with van der Waals surface area (Å²) in [4.78, 5) is 7.37. The molecule has 0 atom stereocenters. The van der Waals surface area contributed by atoms with E-state index in [2.05, 4.69) is 20.6 Å². The molecule has 1 rings (SSSR count). The zero-order valence-corrected chi connectivity index (χ0v) is 6.35. The van der Waals surface area contributed by atoms with E-state index in [9.17, 15) is 4.39 Å². The van der Waals surface area contributed by atoms with Crippen LogP contribution in [-0.2, 0) is 0 Å². The van der Waals surface area contributed by atoms with Gasteiger partial charge < -0.3 is 10.6 Å². The van der Waals surface area contributed by atoms with E-state index in [-0.39, 0.29) is 5.95 Å². The Hall–Kier alpha value is -1.39. The third kappa shape index (κ3) is 1.76. The molecule has 0 saturated carbocycles. The number of nitrogens with zero attached hydrogens (tertiary/aromatic N) is 2. The van der Waals surface area contributed by atoms with Gasteiger partial charge >= 0.3 is 0 Å². The maximum absolute atomic E-state index is 12.6. The highest BCUT2D eigenvalue weighted by atomic mass is 19.1. The first-order chi connectivity index (χ1) is 5.26. The van der Waals surface area contributed by atoms with Crippen molar-refractivity contribution in [1.29, 1.82) is 0 Å². The third-order valence-corrected chi connectivity index (χ3v) is 1.17. The average molecular weight is 156 g/mol. The van der Waals surface area contributed by atoms with Gasteiger partial charge in [-0.15, -0.1) is 0 Å². The minimum absolute atomic E-state index is 0.273. The molecular weight excluding hydrogens is 147 g/mol. The molecule has 4 nitrogen and oxygen atoms in total. The van der Waals surface area contributed by atoms with Crippen molar-refractivity contribution in [3.8, 4) is 0 Å². The van der Waals surface area contributed by atoms with E-state index >= 15 is 0 Å².